The summed E-state index contributed by atoms with van der Waals surface area (Å²) in [5.41, 5.74) is 8.77. The summed E-state index contributed by atoms with van der Waals surface area (Å²) in [5, 5.41) is 0. The number of aromatic amines is 1. The van der Waals surface area contributed by atoms with Crippen LogP contribution in [0.3, 0.4) is 0 Å². The zero-order valence-corrected chi connectivity index (χ0v) is 21.0. The summed E-state index contributed by atoms with van der Waals surface area (Å²) in [5.74, 6) is 2.28. The monoisotopic (exact) mass is 462 g/mol. The number of rotatable bonds is 11. The van der Waals surface area contributed by atoms with E-state index in [1.807, 2.05) is 19.2 Å². The van der Waals surface area contributed by atoms with Crippen LogP contribution < -0.4 is 5.48 Å². The van der Waals surface area contributed by atoms with Gasteiger partial charge in [-0.1, -0.05) is 30.7 Å². The van der Waals surface area contributed by atoms with E-state index in [4.69, 9.17) is 11.3 Å². The molecular weight excluding hydrogens is 424 g/mol. The first-order valence-corrected chi connectivity index (χ1v) is 11.7. The molecule has 1 amide bonds. The van der Waals surface area contributed by atoms with Gasteiger partial charge in [0.25, 0.3) is 5.91 Å². The Kier molecular flexibility index (Phi) is 11.2. The quantitative estimate of drug-likeness (QED) is 0.289. The molecule has 0 atom stereocenters. The van der Waals surface area contributed by atoms with Gasteiger partial charge in [0, 0.05) is 36.9 Å². The number of hydrogen-bond acceptors (Lipinski definition) is 4. The van der Waals surface area contributed by atoms with Crippen LogP contribution in [0.4, 0.5) is 0 Å². The average molecular weight is 463 g/mol. The van der Waals surface area contributed by atoms with E-state index in [-0.39, 0.29) is 5.91 Å². The van der Waals surface area contributed by atoms with Crippen molar-refractivity contribution in [1.82, 2.24) is 20.3 Å². The summed E-state index contributed by atoms with van der Waals surface area (Å²) in [6, 6.07) is 0. The fraction of sp³-hybridized carbons (Fsp3) is 0.393. The maximum atomic E-state index is 12.6. The Morgan fingerprint density at radius 1 is 1.41 bits per heavy atom. The van der Waals surface area contributed by atoms with Crippen molar-refractivity contribution >= 4 is 12.0 Å². The number of hydrogen-bond donors (Lipinski definition) is 2. The molecule has 1 aliphatic heterocycles. The van der Waals surface area contributed by atoms with Gasteiger partial charge in [0.2, 0.25) is 0 Å². The molecule has 0 spiro atoms. The Balaban J connectivity index is 1.99. The molecule has 0 saturated carbocycles. The zero-order chi connectivity index (χ0) is 24.9. The van der Waals surface area contributed by atoms with E-state index >= 15 is 0 Å². The van der Waals surface area contributed by atoms with Gasteiger partial charge in [-0.2, -0.15) is 0 Å². The van der Waals surface area contributed by atoms with E-state index in [1.54, 1.807) is 12.2 Å². The van der Waals surface area contributed by atoms with Crippen LogP contribution >= 0.6 is 0 Å². The summed E-state index contributed by atoms with van der Waals surface area (Å²) in [6.45, 7) is 10.7. The van der Waals surface area contributed by atoms with E-state index in [1.165, 1.54) is 23.9 Å². The predicted octanol–water partition coefficient (Wildman–Crippen LogP) is 4.51. The van der Waals surface area contributed by atoms with Crippen LogP contribution in [-0.4, -0.2) is 54.5 Å². The molecule has 2 heterocycles. The van der Waals surface area contributed by atoms with Crippen LogP contribution in [0.15, 0.2) is 60.1 Å². The molecule has 34 heavy (non-hydrogen) atoms. The number of carbonyl (C=O) groups is 1. The first kappa shape index (κ1) is 27.0. The van der Waals surface area contributed by atoms with Crippen LogP contribution in [0.1, 0.15) is 43.0 Å². The number of aromatic nitrogens is 1. The minimum atomic E-state index is -0.285. The fourth-order valence-electron chi connectivity index (χ4n) is 4.07. The summed E-state index contributed by atoms with van der Waals surface area (Å²) < 4.78 is 0. The third-order valence-electron chi connectivity index (χ3n) is 6.07. The van der Waals surface area contributed by atoms with Crippen molar-refractivity contribution < 1.29 is 9.63 Å². The Hall–Kier alpha value is -3.27. The van der Waals surface area contributed by atoms with Gasteiger partial charge in [-0.15, -0.1) is 6.42 Å². The van der Waals surface area contributed by atoms with E-state index in [0.29, 0.717) is 12.0 Å². The second-order valence-corrected chi connectivity index (χ2v) is 8.34. The summed E-state index contributed by atoms with van der Waals surface area (Å²) in [6.07, 6.45) is 22.6. The van der Waals surface area contributed by atoms with E-state index in [2.05, 4.69) is 65.1 Å². The topological polar surface area (TPSA) is 60.6 Å². The fourth-order valence-corrected chi connectivity index (χ4v) is 4.07. The van der Waals surface area contributed by atoms with Gasteiger partial charge >= 0.3 is 0 Å². The van der Waals surface area contributed by atoms with Gasteiger partial charge in [0.05, 0.1) is 12.7 Å². The Morgan fingerprint density at radius 3 is 2.88 bits per heavy atom. The van der Waals surface area contributed by atoms with Gasteiger partial charge in [-0.25, -0.2) is 5.48 Å². The van der Waals surface area contributed by atoms with Crippen LogP contribution in [0.5, 0.6) is 0 Å². The molecule has 6 heteroatoms. The number of nitrogens with one attached hydrogen (secondary N) is 2. The molecule has 0 aliphatic carbocycles. The van der Waals surface area contributed by atoms with Gasteiger partial charge in [-0.05, 0) is 82.0 Å². The van der Waals surface area contributed by atoms with Gasteiger partial charge in [0.1, 0.15) is 0 Å². The van der Waals surface area contributed by atoms with Crippen molar-refractivity contribution in [2.45, 2.75) is 39.5 Å². The number of hydroxylamine groups is 1. The van der Waals surface area contributed by atoms with Gasteiger partial charge < -0.3 is 14.8 Å². The molecule has 0 radical (unpaired) electrons. The number of amides is 1. The molecular formula is C28H38N4O2. The highest BCUT2D eigenvalue weighted by Gasteiger charge is 2.21. The van der Waals surface area contributed by atoms with Crippen molar-refractivity contribution in [3.8, 4) is 12.3 Å². The van der Waals surface area contributed by atoms with E-state index in [9.17, 15) is 4.79 Å². The Bertz CT molecular complexity index is 1000. The standard InChI is InChI=1S/C28H38N4O2/c1-7-10-13-27-22(4)24(20-29-27)16-19-31(5)17-11-18-32-21-26(28(33)30-34-6)23(12-8-2)14-15-25(32)9-3/h2,7,9-10,12-13,20-21,29H,1,11,14-19H2,3-6H3,(H,30,33)/b13-10-,23-12+,25-9+. The maximum absolute atomic E-state index is 12.6. The van der Waals surface area contributed by atoms with Crippen LogP contribution in [0, 0.1) is 19.3 Å². The first-order chi connectivity index (χ1) is 16.4. The second kappa shape index (κ2) is 14.1. The minimum absolute atomic E-state index is 0.285. The number of likely N-dealkylation sites (N-methyl/N-ethyl adjacent to an activating group) is 1. The van der Waals surface area contributed by atoms with E-state index < -0.39 is 0 Å². The third kappa shape index (κ3) is 7.65. The molecule has 0 aromatic carbocycles. The maximum Gasteiger partial charge on any atom is 0.276 e. The molecule has 0 unspecified atom stereocenters. The second-order valence-electron chi connectivity index (χ2n) is 8.34. The lowest BCUT2D eigenvalue weighted by Crippen LogP contribution is -2.28. The highest BCUT2D eigenvalue weighted by molar-refractivity contribution is 5.97. The average Bonchev–Trinajstić information content (AvgIpc) is 3.07. The Labute approximate surface area is 204 Å². The number of carbonyl (C=O) groups excluding carboxylic acids is 1. The molecule has 1 aliphatic rings. The molecule has 2 rings (SSSR count). The molecule has 0 bridgehead atoms. The third-order valence-corrected chi connectivity index (χ3v) is 6.07. The van der Waals surface area contributed by atoms with Gasteiger partial charge in [-0.3, -0.25) is 9.63 Å². The Morgan fingerprint density at radius 2 is 2.21 bits per heavy atom. The smallest absolute Gasteiger partial charge is 0.276 e. The molecule has 6 nitrogen and oxygen atoms in total. The normalized spacial score (nSPS) is 16.7. The van der Waals surface area contributed by atoms with E-state index in [0.717, 1.165) is 50.2 Å². The lowest BCUT2D eigenvalue weighted by atomic mass is 10.0. The molecule has 0 fully saturated rings. The first-order valence-electron chi connectivity index (χ1n) is 11.7. The molecule has 1 aromatic rings. The highest BCUT2D eigenvalue weighted by atomic mass is 16.6. The van der Waals surface area contributed by atoms with Crippen LogP contribution in [0.2, 0.25) is 0 Å². The molecule has 2 N–H and O–H groups in total. The van der Waals surface area contributed by atoms with Gasteiger partial charge in [0.15, 0.2) is 0 Å². The number of nitrogens with zero attached hydrogens (tertiary/aromatic N) is 2. The summed E-state index contributed by atoms with van der Waals surface area (Å²) in [4.78, 5) is 25.3. The molecule has 0 saturated heterocycles. The number of allylic oxidation sites excluding steroid dienone is 5. The lowest BCUT2D eigenvalue weighted by Gasteiger charge is -2.24. The highest BCUT2D eigenvalue weighted by Crippen LogP contribution is 2.27. The summed E-state index contributed by atoms with van der Waals surface area (Å²) in [7, 11) is 3.58. The predicted molar refractivity (Wildman–Crippen MR) is 140 cm³/mol. The summed E-state index contributed by atoms with van der Waals surface area (Å²) >= 11 is 0. The largest absolute Gasteiger partial charge is 0.361 e. The van der Waals surface area contributed by atoms with Crippen LogP contribution in [0.25, 0.3) is 6.08 Å². The van der Waals surface area contributed by atoms with Crippen molar-refractivity contribution in [3.05, 3.63) is 76.9 Å². The molecule has 182 valence electrons. The lowest BCUT2D eigenvalue weighted by molar-refractivity contribution is -0.127. The van der Waals surface area contributed by atoms with Crippen molar-refractivity contribution in [1.29, 1.82) is 0 Å². The number of terminal acetylenes is 1. The van der Waals surface area contributed by atoms with Crippen molar-refractivity contribution in [2.24, 2.45) is 0 Å². The SMILES string of the molecule is C#C/C=C1\CC/C(=C\C)N(CCCN(C)CCc2c[nH]c(/C=C\C=C)c2C)C=C1C(=O)NOC. The number of H-pyrrole nitrogens is 1. The zero-order valence-electron chi connectivity index (χ0n) is 21.0. The molecule has 1 aromatic heterocycles. The minimum Gasteiger partial charge on any atom is -0.361 e. The van der Waals surface area contributed by atoms with Crippen LogP contribution in [-0.2, 0) is 16.1 Å². The van der Waals surface area contributed by atoms with Crippen molar-refractivity contribution in [3.63, 3.8) is 0 Å². The van der Waals surface area contributed by atoms with Crippen molar-refractivity contribution in [2.75, 3.05) is 33.8 Å².